The van der Waals surface area contributed by atoms with Crippen molar-refractivity contribution < 1.29 is 18.4 Å². The van der Waals surface area contributed by atoms with E-state index >= 15 is 0 Å². The normalized spacial score (nSPS) is 19.6. The summed E-state index contributed by atoms with van der Waals surface area (Å²) in [7, 11) is 0. The number of carbonyl (C=O) groups is 2. The van der Waals surface area contributed by atoms with Crippen LogP contribution in [0, 0.1) is 13.8 Å². The number of benzene rings is 1. The monoisotopic (exact) mass is 383 g/mol. The lowest BCUT2D eigenvalue weighted by atomic mass is 9.92. The highest BCUT2D eigenvalue weighted by molar-refractivity contribution is 6.07. The molecular formula is C20H21N3O5. The number of oxazole rings is 1. The van der Waals surface area contributed by atoms with Crippen LogP contribution in [-0.2, 0) is 16.9 Å². The van der Waals surface area contributed by atoms with Gasteiger partial charge in [0.25, 0.3) is 5.91 Å². The number of amides is 3. The van der Waals surface area contributed by atoms with Gasteiger partial charge >= 0.3 is 11.8 Å². The summed E-state index contributed by atoms with van der Waals surface area (Å²) in [4.78, 5) is 38.7. The smallest absolute Gasteiger partial charge is 0.419 e. The zero-order valence-corrected chi connectivity index (χ0v) is 15.9. The molecule has 0 bridgehead atoms. The van der Waals surface area contributed by atoms with Gasteiger partial charge in [0.15, 0.2) is 5.58 Å². The Morgan fingerprint density at radius 2 is 1.82 bits per heavy atom. The highest BCUT2D eigenvalue weighted by atomic mass is 16.4. The van der Waals surface area contributed by atoms with Crippen molar-refractivity contribution in [3.8, 4) is 0 Å². The van der Waals surface area contributed by atoms with Gasteiger partial charge in [-0.1, -0.05) is 12.1 Å². The van der Waals surface area contributed by atoms with Crippen molar-refractivity contribution >= 4 is 23.0 Å². The van der Waals surface area contributed by atoms with Crippen molar-refractivity contribution in [2.75, 3.05) is 6.54 Å². The molecule has 0 spiro atoms. The number of fused-ring (bicyclic) bond motifs is 1. The molecule has 1 N–H and O–H groups in total. The van der Waals surface area contributed by atoms with Gasteiger partial charge < -0.3 is 14.2 Å². The maximum Gasteiger partial charge on any atom is 0.419 e. The predicted molar refractivity (Wildman–Crippen MR) is 101 cm³/mol. The Balaban J connectivity index is 1.50. The summed E-state index contributed by atoms with van der Waals surface area (Å²) >= 11 is 0. The fourth-order valence-corrected chi connectivity index (χ4v) is 3.82. The summed E-state index contributed by atoms with van der Waals surface area (Å²) in [5.74, 6) is 0.505. The first-order valence-corrected chi connectivity index (χ1v) is 9.11. The highest BCUT2D eigenvalue weighted by Gasteiger charge is 2.50. The number of urea groups is 1. The molecule has 0 aliphatic carbocycles. The molecule has 0 saturated carbocycles. The SMILES string of the molecule is Cc1cc(C2(C)NC(=O)N(CCCn3c(=O)oc4ccccc43)C2=O)c(C)o1. The van der Waals surface area contributed by atoms with Crippen LogP contribution in [0.5, 0.6) is 0 Å². The zero-order chi connectivity index (χ0) is 20.1. The van der Waals surface area contributed by atoms with Crippen molar-refractivity contribution in [2.24, 2.45) is 0 Å². The van der Waals surface area contributed by atoms with E-state index < -0.39 is 17.3 Å². The molecule has 1 aliphatic rings. The molecule has 3 heterocycles. The van der Waals surface area contributed by atoms with Crippen LogP contribution in [0.1, 0.15) is 30.4 Å². The number of para-hydroxylation sites is 2. The van der Waals surface area contributed by atoms with Crippen molar-refractivity contribution in [1.29, 1.82) is 0 Å². The van der Waals surface area contributed by atoms with Crippen LogP contribution >= 0.6 is 0 Å². The third-order valence-corrected chi connectivity index (χ3v) is 5.19. The molecule has 8 nitrogen and oxygen atoms in total. The first-order chi connectivity index (χ1) is 13.3. The molecule has 1 atom stereocenters. The van der Waals surface area contributed by atoms with E-state index in [1.54, 1.807) is 45.0 Å². The van der Waals surface area contributed by atoms with E-state index in [1.807, 2.05) is 6.07 Å². The average Bonchev–Trinajstić information content (AvgIpc) is 3.22. The summed E-state index contributed by atoms with van der Waals surface area (Å²) in [6.07, 6.45) is 0.433. The first-order valence-electron chi connectivity index (χ1n) is 9.11. The Kier molecular flexibility index (Phi) is 4.14. The molecular weight excluding hydrogens is 362 g/mol. The third kappa shape index (κ3) is 2.72. The van der Waals surface area contributed by atoms with Gasteiger partial charge in [-0.15, -0.1) is 0 Å². The molecule has 8 heteroatoms. The molecule has 28 heavy (non-hydrogen) atoms. The van der Waals surface area contributed by atoms with E-state index in [0.717, 1.165) is 0 Å². The quantitative estimate of drug-likeness (QED) is 0.683. The van der Waals surface area contributed by atoms with Crippen LogP contribution in [0.4, 0.5) is 4.79 Å². The number of hydrogen-bond donors (Lipinski definition) is 1. The van der Waals surface area contributed by atoms with E-state index in [0.29, 0.717) is 41.1 Å². The van der Waals surface area contributed by atoms with E-state index in [-0.39, 0.29) is 12.5 Å². The molecule has 0 radical (unpaired) electrons. The summed E-state index contributed by atoms with van der Waals surface area (Å²) in [6.45, 7) is 5.78. The molecule has 1 saturated heterocycles. The number of aromatic nitrogens is 1. The zero-order valence-electron chi connectivity index (χ0n) is 15.9. The van der Waals surface area contributed by atoms with Crippen LogP contribution < -0.4 is 11.1 Å². The minimum Gasteiger partial charge on any atom is -0.466 e. The topological polar surface area (TPSA) is 97.7 Å². The van der Waals surface area contributed by atoms with Crippen LogP contribution in [0.15, 0.2) is 44.0 Å². The average molecular weight is 383 g/mol. The van der Waals surface area contributed by atoms with Crippen molar-refractivity contribution in [1.82, 2.24) is 14.8 Å². The maximum atomic E-state index is 13.0. The second kappa shape index (κ2) is 6.40. The number of carbonyl (C=O) groups excluding carboxylic acids is 2. The number of imide groups is 1. The van der Waals surface area contributed by atoms with Crippen molar-refractivity contribution in [3.63, 3.8) is 0 Å². The van der Waals surface area contributed by atoms with E-state index in [9.17, 15) is 14.4 Å². The summed E-state index contributed by atoms with van der Waals surface area (Å²) < 4.78 is 12.2. The van der Waals surface area contributed by atoms with Gasteiger partial charge in [0.05, 0.1) is 5.52 Å². The van der Waals surface area contributed by atoms with Crippen LogP contribution in [0.2, 0.25) is 0 Å². The number of nitrogens with zero attached hydrogens (tertiary/aromatic N) is 2. The molecule has 3 amide bonds. The van der Waals surface area contributed by atoms with Crippen LogP contribution in [0.3, 0.4) is 0 Å². The van der Waals surface area contributed by atoms with E-state index in [1.165, 1.54) is 9.47 Å². The summed E-state index contributed by atoms with van der Waals surface area (Å²) in [6, 6.07) is 8.47. The summed E-state index contributed by atoms with van der Waals surface area (Å²) in [5.41, 5.74) is 0.709. The molecule has 146 valence electrons. The van der Waals surface area contributed by atoms with Crippen LogP contribution in [-0.4, -0.2) is 28.0 Å². The molecule has 2 aromatic heterocycles. The lowest BCUT2D eigenvalue weighted by Gasteiger charge is -2.21. The second-order valence-corrected chi connectivity index (χ2v) is 7.18. The standard InChI is InChI=1S/C20H21N3O5/c1-12-11-14(13(2)27-12)20(3)17(24)23(18(25)21-20)10-6-9-22-15-7-4-5-8-16(15)28-19(22)26/h4-5,7-8,11H,6,9-10H2,1-3H3,(H,21,25). The van der Waals surface area contributed by atoms with Gasteiger partial charge in [0.2, 0.25) is 0 Å². The lowest BCUT2D eigenvalue weighted by Crippen LogP contribution is -2.41. The fraction of sp³-hybridized carbons (Fsp3) is 0.350. The molecule has 3 aromatic rings. The Morgan fingerprint density at radius 3 is 2.54 bits per heavy atom. The maximum absolute atomic E-state index is 13.0. The molecule has 1 unspecified atom stereocenters. The minimum atomic E-state index is -1.15. The third-order valence-electron chi connectivity index (χ3n) is 5.19. The highest BCUT2D eigenvalue weighted by Crippen LogP contribution is 2.32. The minimum absolute atomic E-state index is 0.197. The van der Waals surface area contributed by atoms with Crippen LogP contribution in [0.25, 0.3) is 11.1 Å². The van der Waals surface area contributed by atoms with E-state index in [2.05, 4.69) is 5.32 Å². The fourth-order valence-electron chi connectivity index (χ4n) is 3.82. The summed E-state index contributed by atoms with van der Waals surface area (Å²) in [5, 5.41) is 2.78. The second-order valence-electron chi connectivity index (χ2n) is 7.18. The number of aryl methyl sites for hydroxylation is 3. The number of furan rings is 1. The molecule has 1 aliphatic heterocycles. The van der Waals surface area contributed by atoms with Gasteiger partial charge in [-0.3, -0.25) is 14.3 Å². The van der Waals surface area contributed by atoms with Gasteiger partial charge in [0, 0.05) is 18.7 Å². The number of nitrogens with one attached hydrogen (secondary N) is 1. The van der Waals surface area contributed by atoms with Crippen molar-refractivity contribution in [2.45, 2.75) is 39.3 Å². The molecule has 4 rings (SSSR count). The Morgan fingerprint density at radius 1 is 1.07 bits per heavy atom. The Labute approximate surface area is 160 Å². The molecule has 1 aromatic carbocycles. The first kappa shape index (κ1) is 18.1. The molecule has 1 fully saturated rings. The lowest BCUT2D eigenvalue weighted by molar-refractivity contribution is -0.131. The van der Waals surface area contributed by atoms with Gasteiger partial charge in [0.1, 0.15) is 17.1 Å². The Hall–Kier alpha value is -3.29. The van der Waals surface area contributed by atoms with Crippen molar-refractivity contribution in [3.05, 3.63) is 58.0 Å². The number of hydrogen-bond acceptors (Lipinski definition) is 5. The van der Waals surface area contributed by atoms with Gasteiger partial charge in [-0.25, -0.2) is 9.59 Å². The van der Waals surface area contributed by atoms with E-state index in [4.69, 9.17) is 8.83 Å². The van der Waals surface area contributed by atoms with Gasteiger partial charge in [-0.05, 0) is 45.4 Å². The van der Waals surface area contributed by atoms with Gasteiger partial charge in [-0.2, -0.15) is 0 Å². The number of rotatable bonds is 5. The predicted octanol–water partition coefficient (Wildman–Crippen LogP) is 2.66. The Bertz CT molecular complexity index is 1140. The largest absolute Gasteiger partial charge is 0.466 e.